The maximum Gasteiger partial charge on any atom is 0.417 e. The number of ether oxygens (including phenoxy) is 1. The number of hydrogen-bond acceptors (Lipinski definition) is 1. The lowest BCUT2D eigenvalue weighted by Crippen LogP contribution is -2.08. The molecule has 0 aliphatic rings. The molecule has 0 saturated heterocycles. The van der Waals surface area contributed by atoms with Crippen LogP contribution >= 0.6 is 0 Å². The van der Waals surface area contributed by atoms with Crippen LogP contribution in [0.3, 0.4) is 0 Å². The van der Waals surface area contributed by atoms with E-state index in [9.17, 15) is 17.6 Å². The first kappa shape index (κ1) is 13.4. The Bertz CT molecular complexity index is 573. The van der Waals surface area contributed by atoms with Gasteiger partial charge in [0.05, 0.1) is 12.7 Å². The SMILES string of the molecule is COc1cccc(C(F)(F)F)c1-c1ccc(F)cc1. The van der Waals surface area contributed by atoms with Crippen molar-refractivity contribution in [3.63, 3.8) is 0 Å². The Kier molecular flexibility index (Phi) is 3.46. The molecule has 19 heavy (non-hydrogen) atoms. The van der Waals surface area contributed by atoms with E-state index in [1.807, 2.05) is 0 Å². The van der Waals surface area contributed by atoms with Crippen LogP contribution in [-0.4, -0.2) is 7.11 Å². The molecular weight excluding hydrogens is 260 g/mol. The van der Waals surface area contributed by atoms with Crippen molar-refractivity contribution < 1.29 is 22.3 Å². The van der Waals surface area contributed by atoms with E-state index in [0.717, 1.165) is 18.2 Å². The van der Waals surface area contributed by atoms with E-state index in [2.05, 4.69) is 0 Å². The molecule has 0 atom stereocenters. The molecule has 0 fully saturated rings. The van der Waals surface area contributed by atoms with Crippen LogP contribution in [0.25, 0.3) is 11.1 Å². The van der Waals surface area contributed by atoms with Gasteiger partial charge in [-0.3, -0.25) is 0 Å². The number of rotatable bonds is 2. The molecule has 100 valence electrons. The van der Waals surface area contributed by atoms with E-state index < -0.39 is 17.6 Å². The molecule has 5 heteroatoms. The van der Waals surface area contributed by atoms with Crippen LogP contribution in [0.1, 0.15) is 5.56 Å². The van der Waals surface area contributed by atoms with Gasteiger partial charge in [-0.15, -0.1) is 0 Å². The Labute approximate surface area is 107 Å². The zero-order valence-corrected chi connectivity index (χ0v) is 9.96. The van der Waals surface area contributed by atoms with Gasteiger partial charge in [0.2, 0.25) is 0 Å². The first-order chi connectivity index (χ1) is 8.93. The lowest BCUT2D eigenvalue weighted by molar-refractivity contribution is -0.137. The quantitative estimate of drug-likeness (QED) is 0.729. The van der Waals surface area contributed by atoms with Crippen LogP contribution in [0.5, 0.6) is 5.75 Å². The third-order valence-electron chi connectivity index (χ3n) is 2.68. The molecule has 0 bridgehead atoms. The number of alkyl halides is 3. The normalized spacial score (nSPS) is 11.4. The molecule has 1 nitrogen and oxygen atoms in total. The summed E-state index contributed by atoms with van der Waals surface area (Å²) in [5.74, 6) is -0.409. The van der Waals surface area contributed by atoms with E-state index >= 15 is 0 Å². The van der Waals surface area contributed by atoms with Crippen molar-refractivity contribution in [3.8, 4) is 16.9 Å². The average molecular weight is 270 g/mol. The van der Waals surface area contributed by atoms with Crippen LogP contribution in [-0.2, 0) is 6.18 Å². The van der Waals surface area contributed by atoms with Crippen LogP contribution in [0.2, 0.25) is 0 Å². The fourth-order valence-corrected chi connectivity index (χ4v) is 1.85. The average Bonchev–Trinajstić information content (AvgIpc) is 2.38. The highest BCUT2D eigenvalue weighted by molar-refractivity contribution is 5.74. The maximum absolute atomic E-state index is 13.0. The van der Waals surface area contributed by atoms with Gasteiger partial charge in [-0.1, -0.05) is 18.2 Å². The molecule has 0 amide bonds. The first-order valence-electron chi connectivity index (χ1n) is 5.43. The molecule has 0 spiro atoms. The third-order valence-corrected chi connectivity index (χ3v) is 2.68. The number of benzene rings is 2. The molecule has 2 aromatic rings. The van der Waals surface area contributed by atoms with Crippen molar-refractivity contribution in [1.82, 2.24) is 0 Å². The Balaban J connectivity index is 2.69. The third kappa shape index (κ3) is 2.70. The maximum atomic E-state index is 13.0. The van der Waals surface area contributed by atoms with Gasteiger partial charge in [-0.2, -0.15) is 13.2 Å². The van der Waals surface area contributed by atoms with Gasteiger partial charge in [0.25, 0.3) is 0 Å². The number of halogens is 4. The predicted octanol–water partition coefficient (Wildman–Crippen LogP) is 4.52. The molecule has 0 heterocycles. The van der Waals surface area contributed by atoms with Gasteiger partial charge >= 0.3 is 6.18 Å². The van der Waals surface area contributed by atoms with E-state index in [1.165, 1.54) is 31.4 Å². The van der Waals surface area contributed by atoms with Crippen molar-refractivity contribution in [2.75, 3.05) is 7.11 Å². The van der Waals surface area contributed by atoms with E-state index in [4.69, 9.17) is 4.74 Å². The summed E-state index contributed by atoms with van der Waals surface area (Å²) in [6, 6.07) is 8.50. The summed E-state index contributed by atoms with van der Waals surface area (Å²) >= 11 is 0. The molecule has 0 N–H and O–H groups in total. The standard InChI is InChI=1S/C14H10F4O/c1-19-12-4-2-3-11(14(16,17)18)13(12)9-5-7-10(15)8-6-9/h2-8H,1H3. The van der Waals surface area contributed by atoms with Crippen molar-refractivity contribution in [2.24, 2.45) is 0 Å². The molecular formula is C14H10F4O. The lowest BCUT2D eigenvalue weighted by atomic mass is 9.98. The summed E-state index contributed by atoms with van der Waals surface area (Å²) in [4.78, 5) is 0. The Morgan fingerprint density at radius 1 is 0.947 bits per heavy atom. The Hall–Kier alpha value is -2.04. The van der Waals surface area contributed by atoms with Crippen LogP contribution in [0.4, 0.5) is 17.6 Å². The van der Waals surface area contributed by atoms with E-state index in [0.29, 0.717) is 0 Å². The minimum Gasteiger partial charge on any atom is -0.496 e. The highest BCUT2D eigenvalue weighted by Gasteiger charge is 2.35. The van der Waals surface area contributed by atoms with Gasteiger partial charge < -0.3 is 4.74 Å². The van der Waals surface area contributed by atoms with Gasteiger partial charge in [0, 0.05) is 5.56 Å². The summed E-state index contributed by atoms with van der Waals surface area (Å²) in [6.07, 6.45) is -4.50. The van der Waals surface area contributed by atoms with Gasteiger partial charge in [-0.05, 0) is 29.8 Å². The number of methoxy groups -OCH3 is 1. The van der Waals surface area contributed by atoms with Crippen molar-refractivity contribution in [3.05, 3.63) is 53.8 Å². The second kappa shape index (κ2) is 4.91. The molecule has 2 aromatic carbocycles. The van der Waals surface area contributed by atoms with Crippen molar-refractivity contribution >= 4 is 0 Å². The highest BCUT2D eigenvalue weighted by atomic mass is 19.4. The fraction of sp³-hybridized carbons (Fsp3) is 0.143. The van der Waals surface area contributed by atoms with Gasteiger partial charge in [-0.25, -0.2) is 4.39 Å². The second-order valence-corrected chi connectivity index (χ2v) is 3.89. The smallest absolute Gasteiger partial charge is 0.417 e. The molecule has 2 rings (SSSR count). The predicted molar refractivity (Wildman–Crippen MR) is 63.4 cm³/mol. The van der Waals surface area contributed by atoms with Gasteiger partial charge in [0.15, 0.2) is 0 Å². The summed E-state index contributed by atoms with van der Waals surface area (Å²) < 4.78 is 56.8. The van der Waals surface area contributed by atoms with E-state index in [1.54, 1.807) is 0 Å². The highest BCUT2D eigenvalue weighted by Crippen LogP contribution is 2.41. The monoisotopic (exact) mass is 270 g/mol. The van der Waals surface area contributed by atoms with Crippen LogP contribution < -0.4 is 4.74 Å². The zero-order valence-electron chi connectivity index (χ0n) is 9.96. The number of hydrogen-bond donors (Lipinski definition) is 0. The molecule has 0 unspecified atom stereocenters. The minimum atomic E-state index is -4.50. The first-order valence-corrected chi connectivity index (χ1v) is 5.43. The molecule has 0 aliphatic carbocycles. The largest absolute Gasteiger partial charge is 0.496 e. The van der Waals surface area contributed by atoms with Crippen molar-refractivity contribution in [2.45, 2.75) is 6.18 Å². The fourth-order valence-electron chi connectivity index (χ4n) is 1.85. The lowest BCUT2D eigenvalue weighted by Gasteiger charge is -2.16. The van der Waals surface area contributed by atoms with Crippen molar-refractivity contribution in [1.29, 1.82) is 0 Å². The second-order valence-electron chi connectivity index (χ2n) is 3.89. The van der Waals surface area contributed by atoms with Crippen LogP contribution in [0.15, 0.2) is 42.5 Å². The molecule has 0 saturated carbocycles. The van der Waals surface area contributed by atoms with Crippen LogP contribution in [0, 0.1) is 5.82 Å². The Morgan fingerprint density at radius 2 is 1.58 bits per heavy atom. The molecule has 0 aliphatic heterocycles. The topological polar surface area (TPSA) is 9.23 Å². The van der Waals surface area contributed by atoms with E-state index in [-0.39, 0.29) is 16.9 Å². The minimum absolute atomic E-state index is 0.0856. The summed E-state index contributed by atoms with van der Waals surface area (Å²) in [7, 11) is 1.29. The molecule has 0 aromatic heterocycles. The Morgan fingerprint density at radius 3 is 2.11 bits per heavy atom. The summed E-state index contributed by atoms with van der Waals surface area (Å²) in [5, 5.41) is 0. The summed E-state index contributed by atoms with van der Waals surface area (Å²) in [5.41, 5.74) is -0.637. The zero-order chi connectivity index (χ0) is 14.0. The molecule has 0 radical (unpaired) electrons. The van der Waals surface area contributed by atoms with Gasteiger partial charge in [0.1, 0.15) is 11.6 Å². The summed E-state index contributed by atoms with van der Waals surface area (Å²) in [6.45, 7) is 0.